The van der Waals surface area contributed by atoms with Crippen molar-refractivity contribution in [1.82, 2.24) is 24.6 Å². The van der Waals surface area contributed by atoms with Crippen LogP contribution in [-0.2, 0) is 5.75 Å². The first-order chi connectivity index (χ1) is 16.2. The predicted molar refractivity (Wildman–Crippen MR) is 130 cm³/mol. The molecule has 0 unspecified atom stereocenters. The lowest BCUT2D eigenvalue weighted by atomic mass is 10.1. The van der Waals surface area contributed by atoms with Crippen molar-refractivity contribution in [3.63, 3.8) is 0 Å². The van der Waals surface area contributed by atoms with Crippen LogP contribution in [0.3, 0.4) is 0 Å². The lowest BCUT2D eigenvalue weighted by Gasteiger charge is -2.17. The number of aryl methyl sites for hydroxylation is 1. The van der Waals surface area contributed by atoms with Crippen molar-refractivity contribution in [2.45, 2.75) is 30.7 Å². The topological polar surface area (TPSA) is 63.9 Å². The molecular weight excluding hydrogens is 430 g/mol. The molecule has 3 heterocycles. The number of carbonyl (C=O) groups excluding carboxylic acids is 1. The fourth-order valence-corrected chi connectivity index (χ4v) is 5.12. The van der Waals surface area contributed by atoms with E-state index in [0.717, 1.165) is 64.9 Å². The van der Waals surface area contributed by atoms with Crippen LogP contribution in [0.5, 0.6) is 0 Å². The summed E-state index contributed by atoms with van der Waals surface area (Å²) >= 11 is 1.60. The number of likely N-dealkylation sites (tertiary alicyclic amines) is 1. The van der Waals surface area contributed by atoms with Crippen LogP contribution in [0.1, 0.15) is 34.3 Å². The van der Waals surface area contributed by atoms with E-state index in [1.54, 1.807) is 24.2 Å². The van der Waals surface area contributed by atoms with Crippen molar-refractivity contribution < 1.29 is 4.79 Å². The molecule has 7 heteroatoms. The number of aromatic nitrogens is 4. The van der Waals surface area contributed by atoms with E-state index < -0.39 is 0 Å². The van der Waals surface area contributed by atoms with Crippen molar-refractivity contribution >= 4 is 17.7 Å². The Kier molecular flexibility index (Phi) is 6.21. The van der Waals surface area contributed by atoms with Crippen LogP contribution in [0.2, 0.25) is 0 Å². The SMILES string of the molecule is Cc1ccccc1-n1c(SCc2ccccc2C(=O)N2CCCC2)nnc1-c1ccncc1. The second kappa shape index (κ2) is 9.58. The lowest BCUT2D eigenvalue weighted by molar-refractivity contribution is 0.0792. The first kappa shape index (κ1) is 21.4. The average molecular weight is 456 g/mol. The Morgan fingerprint density at radius 2 is 1.67 bits per heavy atom. The monoisotopic (exact) mass is 455 g/mol. The minimum absolute atomic E-state index is 0.126. The first-order valence-electron chi connectivity index (χ1n) is 11.1. The summed E-state index contributed by atoms with van der Waals surface area (Å²) in [6.45, 7) is 3.78. The summed E-state index contributed by atoms with van der Waals surface area (Å²) < 4.78 is 2.10. The molecule has 0 spiro atoms. The number of rotatable bonds is 6. The molecule has 1 amide bonds. The Hall–Kier alpha value is -3.45. The summed E-state index contributed by atoms with van der Waals surface area (Å²) in [6.07, 6.45) is 5.69. The molecule has 2 aromatic heterocycles. The summed E-state index contributed by atoms with van der Waals surface area (Å²) in [6, 6.07) is 20.0. The number of thioether (sulfide) groups is 1. The maximum Gasteiger partial charge on any atom is 0.254 e. The van der Waals surface area contributed by atoms with E-state index in [1.165, 1.54) is 0 Å². The van der Waals surface area contributed by atoms with Crippen LogP contribution < -0.4 is 0 Å². The van der Waals surface area contributed by atoms with Gasteiger partial charge in [-0.15, -0.1) is 10.2 Å². The number of nitrogens with zero attached hydrogens (tertiary/aromatic N) is 5. The van der Waals surface area contributed by atoms with Gasteiger partial charge in [-0.3, -0.25) is 14.3 Å². The van der Waals surface area contributed by atoms with E-state index in [2.05, 4.69) is 38.8 Å². The smallest absolute Gasteiger partial charge is 0.254 e. The lowest BCUT2D eigenvalue weighted by Crippen LogP contribution is -2.28. The van der Waals surface area contributed by atoms with E-state index in [1.807, 2.05) is 53.4 Å². The zero-order chi connectivity index (χ0) is 22.6. The van der Waals surface area contributed by atoms with Crippen LogP contribution in [0.4, 0.5) is 0 Å². The van der Waals surface area contributed by atoms with Gasteiger partial charge in [0.25, 0.3) is 5.91 Å². The summed E-state index contributed by atoms with van der Waals surface area (Å²) in [5, 5.41) is 9.85. The number of carbonyl (C=O) groups is 1. The van der Waals surface area contributed by atoms with Crippen LogP contribution in [0.25, 0.3) is 17.1 Å². The Labute approximate surface area is 197 Å². The van der Waals surface area contributed by atoms with Gasteiger partial charge in [-0.05, 0) is 55.2 Å². The zero-order valence-electron chi connectivity index (χ0n) is 18.5. The molecular formula is C26H25N5OS. The number of benzene rings is 2. The van der Waals surface area contributed by atoms with E-state index in [9.17, 15) is 4.79 Å². The predicted octanol–water partition coefficient (Wildman–Crippen LogP) is 5.17. The third kappa shape index (κ3) is 4.41. The van der Waals surface area contributed by atoms with Gasteiger partial charge in [-0.25, -0.2) is 0 Å². The highest BCUT2D eigenvalue weighted by Gasteiger charge is 2.23. The molecule has 0 atom stereocenters. The summed E-state index contributed by atoms with van der Waals surface area (Å²) in [5.41, 5.74) is 4.93. The molecule has 0 saturated carbocycles. The number of hydrogen-bond acceptors (Lipinski definition) is 5. The Bertz CT molecular complexity index is 1260. The summed E-state index contributed by atoms with van der Waals surface area (Å²) in [7, 11) is 0. The van der Waals surface area contributed by atoms with Gasteiger partial charge in [0.15, 0.2) is 11.0 Å². The van der Waals surface area contributed by atoms with Crippen molar-refractivity contribution in [3.05, 3.63) is 89.7 Å². The van der Waals surface area contributed by atoms with Crippen molar-refractivity contribution in [2.24, 2.45) is 0 Å². The van der Waals surface area contributed by atoms with Crippen molar-refractivity contribution in [2.75, 3.05) is 13.1 Å². The quantitative estimate of drug-likeness (QED) is 0.376. The summed E-state index contributed by atoms with van der Waals surface area (Å²) in [4.78, 5) is 19.2. The Morgan fingerprint density at radius 3 is 2.45 bits per heavy atom. The number of para-hydroxylation sites is 1. The van der Waals surface area contributed by atoms with Gasteiger partial charge >= 0.3 is 0 Å². The first-order valence-corrected chi connectivity index (χ1v) is 12.1. The van der Waals surface area contributed by atoms with Gasteiger partial charge in [0, 0.05) is 42.4 Å². The largest absolute Gasteiger partial charge is 0.339 e. The molecule has 0 aliphatic carbocycles. The number of hydrogen-bond donors (Lipinski definition) is 0. The summed E-state index contributed by atoms with van der Waals surface area (Å²) in [5.74, 6) is 1.54. The molecule has 33 heavy (non-hydrogen) atoms. The maximum absolute atomic E-state index is 13.1. The minimum Gasteiger partial charge on any atom is -0.339 e. The highest BCUT2D eigenvalue weighted by Crippen LogP contribution is 2.31. The van der Waals surface area contributed by atoms with Crippen LogP contribution in [-0.4, -0.2) is 43.6 Å². The third-order valence-corrected chi connectivity index (χ3v) is 6.90. The standard InChI is InChI=1S/C26H25N5OS/c1-19-8-2-5-11-23(19)31-24(20-12-14-27-15-13-20)28-29-26(31)33-18-21-9-3-4-10-22(21)25(32)30-16-6-7-17-30/h2-5,8-15H,6-7,16-18H2,1H3. The van der Waals surface area contributed by atoms with Crippen LogP contribution in [0.15, 0.2) is 78.2 Å². The molecule has 2 aromatic carbocycles. The molecule has 166 valence electrons. The highest BCUT2D eigenvalue weighted by atomic mass is 32.2. The average Bonchev–Trinajstić information content (AvgIpc) is 3.54. The van der Waals surface area contributed by atoms with Crippen LogP contribution >= 0.6 is 11.8 Å². The molecule has 0 N–H and O–H groups in total. The molecule has 6 nitrogen and oxygen atoms in total. The Balaban J connectivity index is 1.49. The van der Waals surface area contributed by atoms with E-state index in [0.29, 0.717) is 5.75 Å². The molecule has 4 aromatic rings. The fraction of sp³-hybridized carbons (Fsp3) is 0.231. The zero-order valence-corrected chi connectivity index (χ0v) is 19.3. The fourth-order valence-electron chi connectivity index (χ4n) is 4.17. The van der Waals surface area contributed by atoms with Gasteiger partial charge in [-0.1, -0.05) is 48.2 Å². The van der Waals surface area contributed by atoms with Gasteiger partial charge in [-0.2, -0.15) is 0 Å². The minimum atomic E-state index is 0.126. The number of pyridine rings is 1. The van der Waals surface area contributed by atoms with E-state index in [4.69, 9.17) is 0 Å². The van der Waals surface area contributed by atoms with Crippen LogP contribution in [0, 0.1) is 6.92 Å². The number of amides is 1. The van der Waals surface area contributed by atoms with Gasteiger partial charge in [0.2, 0.25) is 0 Å². The molecule has 0 bridgehead atoms. The van der Waals surface area contributed by atoms with Gasteiger partial charge in [0.05, 0.1) is 5.69 Å². The third-order valence-electron chi connectivity index (χ3n) is 5.93. The van der Waals surface area contributed by atoms with E-state index >= 15 is 0 Å². The van der Waals surface area contributed by atoms with Crippen molar-refractivity contribution in [1.29, 1.82) is 0 Å². The molecule has 0 radical (unpaired) electrons. The molecule has 1 fully saturated rings. The maximum atomic E-state index is 13.1. The normalized spacial score (nSPS) is 13.4. The van der Waals surface area contributed by atoms with Gasteiger partial charge in [0.1, 0.15) is 0 Å². The molecule has 1 saturated heterocycles. The van der Waals surface area contributed by atoms with E-state index in [-0.39, 0.29) is 5.91 Å². The van der Waals surface area contributed by atoms with Gasteiger partial charge < -0.3 is 4.90 Å². The second-order valence-corrected chi connectivity index (χ2v) is 9.05. The Morgan fingerprint density at radius 1 is 0.939 bits per heavy atom. The molecule has 1 aliphatic heterocycles. The molecule has 5 rings (SSSR count). The molecule has 1 aliphatic rings. The second-order valence-electron chi connectivity index (χ2n) is 8.11. The highest BCUT2D eigenvalue weighted by molar-refractivity contribution is 7.98. The van der Waals surface area contributed by atoms with Crippen molar-refractivity contribution in [3.8, 4) is 17.1 Å².